The molecular weight excluding hydrogens is 420 g/mol. The Hall–Kier alpha value is -3.68. The highest BCUT2D eigenvalue weighted by atomic mass is 35.5. The van der Waals surface area contributed by atoms with Gasteiger partial charge in [-0.2, -0.15) is 5.26 Å². The monoisotopic (exact) mass is 444 g/mol. The molecule has 0 aliphatic rings. The molecule has 162 valence electrons. The number of hydrogen-bond acceptors (Lipinski definition) is 3. The molecule has 0 aliphatic carbocycles. The number of nitriles is 1. The van der Waals surface area contributed by atoms with Crippen LogP contribution < -0.4 is 20.0 Å². The predicted octanol–water partition coefficient (Wildman–Crippen LogP) is 5.37. The molecule has 3 rings (SSSR count). The van der Waals surface area contributed by atoms with Gasteiger partial charge in [0.2, 0.25) is 0 Å². The van der Waals surface area contributed by atoms with Crippen molar-refractivity contribution in [3.8, 4) is 17.6 Å². The lowest BCUT2D eigenvalue weighted by atomic mass is 10.1. The number of H-pyrrole nitrogens is 1. The van der Waals surface area contributed by atoms with E-state index in [-0.39, 0.29) is 0 Å². The van der Waals surface area contributed by atoms with Crippen molar-refractivity contribution in [3.05, 3.63) is 99.4 Å². The van der Waals surface area contributed by atoms with Crippen LogP contribution in [0.15, 0.2) is 66.9 Å². The maximum atomic E-state index is 9.08. The van der Waals surface area contributed by atoms with Crippen molar-refractivity contribution >= 4 is 29.3 Å². The Morgan fingerprint density at radius 1 is 1.19 bits per heavy atom. The number of aromatic amines is 1. The Bertz CT molecular complexity index is 1330. The number of aromatic nitrogens is 1. The van der Waals surface area contributed by atoms with Gasteiger partial charge in [0.15, 0.2) is 0 Å². The number of allylic oxidation sites excluding steroid dienone is 2. The summed E-state index contributed by atoms with van der Waals surface area (Å²) >= 11 is 6.70. The van der Waals surface area contributed by atoms with Gasteiger partial charge in [-0.3, -0.25) is 0 Å². The number of hydrogen-bond donors (Lipinski definition) is 1. The van der Waals surface area contributed by atoms with Crippen LogP contribution in [0.4, 0.5) is 0 Å². The molecule has 4 nitrogen and oxygen atoms in total. The van der Waals surface area contributed by atoms with Crippen LogP contribution in [0.25, 0.3) is 17.7 Å². The third-order valence-electron chi connectivity index (χ3n) is 4.92. The largest absolute Gasteiger partial charge is 0.497 e. The molecule has 1 aromatic heterocycles. The summed E-state index contributed by atoms with van der Waals surface area (Å²) in [5.74, 6) is 1.80. The molecule has 0 saturated heterocycles. The molecule has 5 heteroatoms. The molecular formula is C27H25ClN2O2. The first-order chi connectivity index (χ1) is 15.4. The van der Waals surface area contributed by atoms with E-state index in [0.29, 0.717) is 22.1 Å². The third kappa shape index (κ3) is 5.51. The van der Waals surface area contributed by atoms with Crippen molar-refractivity contribution in [2.75, 3.05) is 7.11 Å². The molecule has 0 amide bonds. The normalized spacial score (nSPS) is 12.5. The molecule has 3 aromatic rings. The van der Waals surface area contributed by atoms with Crippen molar-refractivity contribution in [1.29, 1.82) is 5.26 Å². The molecule has 0 radical (unpaired) electrons. The summed E-state index contributed by atoms with van der Waals surface area (Å²) in [7, 11) is 1.65. The highest BCUT2D eigenvalue weighted by Crippen LogP contribution is 2.17. The van der Waals surface area contributed by atoms with Crippen LogP contribution in [0.3, 0.4) is 0 Å². The van der Waals surface area contributed by atoms with Crippen LogP contribution in [0, 0.1) is 11.3 Å². The standard InChI is InChI=1S/C27H25ClN2O2/c1-5-24-27(28)26(18(2)12-13-20-8-6-10-22(15-20)31-4)25(30-24)14-19(3)32-23-11-7-9-21(16-23)17-29/h6-16,30H,3,5H2,1-2,4H3/b13-12-,25-14+,26-18-. The Labute approximate surface area is 193 Å². The van der Waals surface area contributed by atoms with Gasteiger partial charge in [0.25, 0.3) is 0 Å². The third-order valence-corrected chi connectivity index (χ3v) is 5.34. The summed E-state index contributed by atoms with van der Waals surface area (Å²) in [6.07, 6.45) is 6.64. The number of aryl methyl sites for hydroxylation is 1. The molecule has 1 N–H and O–H groups in total. The quantitative estimate of drug-likeness (QED) is 0.498. The molecule has 1 heterocycles. The summed E-state index contributed by atoms with van der Waals surface area (Å²) in [6, 6.07) is 16.9. The van der Waals surface area contributed by atoms with E-state index in [9.17, 15) is 0 Å². The van der Waals surface area contributed by atoms with E-state index in [1.807, 2.05) is 56.3 Å². The lowest BCUT2D eigenvalue weighted by Gasteiger charge is -2.04. The molecule has 0 aliphatic heterocycles. The van der Waals surface area contributed by atoms with Crippen molar-refractivity contribution in [2.45, 2.75) is 20.3 Å². The van der Waals surface area contributed by atoms with E-state index in [1.165, 1.54) is 0 Å². The van der Waals surface area contributed by atoms with Crippen molar-refractivity contribution in [1.82, 2.24) is 4.98 Å². The van der Waals surface area contributed by atoms with Crippen LogP contribution >= 0.6 is 11.6 Å². The van der Waals surface area contributed by atoms with Gasteiger partial charge in [-0.05, 0) is 54.8 Å². The number of methoxy groups -OCH3 is 1. The molecule has 0 atom stereocenters. The van der Waals surface area contributed by atoms with E-state index in [0.717, 1.165) is 39.6 Å². The van der Waals surface area contributed by atoms with Crippen LogP contribution in [-0.4, -0.2) is 12.1 Å². The van der Waals surface area contributed by atoms with Gasteiger partial charge >= 0.3 is 0 Å². The highest BCUT2D eigenvalue weighted by molar-refractivity contribution is 6.31. The maximum Gasteiger partial charge on any atom is 0.128 e. The Morgan fingerprint density at radius 3 is 2.66 bits per heavy atom. The average molecular weight is 445 g/mol. The fourth-order valence-electron chi connectivity index (χ4n) is 3.31. The first-order valence-corrected chi connectivity index (χ1v) is 10.6. The summed E-state index contributed by atoms with van der Waals surface area (Å²) < 4.78 is 11.1. The fourth-order valence-corrected chi connectivity index (χ4v) is 3.74. The molecule has 0 unspecified atom stereocenters. The minimum Gasteiger partial charge on any atom is -0.497 e. The number of rotatable bonds is 7. The summed E-state index contributed by atoms with van der Waals surface area (Å²) in [5.41, 5.74) is 3.50. The molecule has 0 spiro atoms. The molecule has 0 bridgehead atoms. The zero-order valence-electron chi connectivity index (χ0n) is 18.4. The molecule has 0 fully saturated rings. The van der Waals surface area contributed by atoms with Crippen LogP contribution in [0.2, 0.25) is 5.02 Å². The zero-order valence-corrected chi connectivity index (χ0v) is 19.2. The zero-order chi connectivity index (χ0) is 23.1. The second-order valence-electron chi connectivity index (χ2n) is 7.21. The van der Waals surface area contributed by atoms with Gasteiger partial charge in [0, 0.05) is 17.0 Å². The second-order valence-corrected chi connectivity index (χ2v) is 7.58. The van der Waals surface area contributed by atoms with Gasteiger partial charge in [0.05, 0.1) is 29.1 Å². The van der Waals surface area contributed by atoms with Crippen LogP contribution in [-0.2, 0) is 6.42 Å². The van der Waals surface area contributed by atoms with Crippen LogP contribution in [0.1, 0.15) is 30.7 Å². The first-order valence-electron chi connectivity index (χ1n) is 10.2. The fraction of sp³-hybridized carbons (Fsp3) is 0.148. The van der Waals surface area contributed by atoms with Gasteiger partial charge < -0.3 is 14.5 Å². The molecule has 2 aromatic carbocycles. The Kier molecular flexibility index (Phi) is 7.59. The first kappa shape index (κ1) is 23.0. The number of halogens is 1. The molecule has 0 saturated carbocycles. The SMILES string of the molecule is C=C(/C=c1/[nH]c(CC)c(Cl)/c1=C(C)\C=C/c1cccc(OC)c1)Oc1cccc(C#N)c1. The van der Waals surface area contributed by atoms with Crippen molar-refractivity contribution < 1.29 is 9.47 Å². The molecule has 32 heavy (non-hydrogen) atoms. The summed E-state index contributed by atoms with van der Waals surface area (Å²) in [6.45, 7) is 8.08. The minimum atomic E-state index is 0.437. The van der Waals surface area contributed by atoms with E-state index < -0.39 is 0 Å². The van der Waals surface area contributed by atoms with Crippen molar-refractivity contribution in [3.63, 3.8) is 0 Å². The van der Waals surface area contributed by atoms with Crippen molar-refractivity contribution in [2.24, 2.45) is 0 Å². The van der Waals surface area contributed by atoms with Gasteiger partial charge in [-0.15, -0.1) is 0 Å². The average Bonchev–Trinajstić information content (AvgIpc) is 3.12. The maximum absolute atomic E-state index is 9.08. The van der Waals surface area contributed by atoms with E-state index in [1.54, 1.807) is 31.4 Å². The number of nitrogens with zero attached hydrogens (tertiary/aromatic N) is 1. The van der Waals surface area contributed by atoms with Crippen LogP contribution in [0.5, 0.6) is 11.5 Å². The predicted molar refractivity (Wildman–Crippen MR) is 131 cm³/mol. The highest BCUT2D eigenvalue weighted by Gasteiger charge is 2.08. The number of benzene rings is 2. The topological polar surface area (TPSA) is 58.0 Å². The lowest BCUT2D eigenvalue weighted by Crippen LogP contribution is -2.25. The Morgan fingerprint density at radius 2 is 1.94 bits per heavy atom. The lowest BCUT2D eigenvalue weighted by molar-refractivity contribution is 0.414. The summed E-state index contributed by atoms with van der Waals surface area (Å²) in [4.78, 5) is 3.38. The van der Waals surface area contributed by atoms with E-state index in [2.05, 4.69) is 17.6 Å². The number of nitrogens with one attached hydrogen (secondary N) is 1. The smallest absolute Gasteiger partial charge is 0.128 e. The van der Waals surface area contributed by atoms with E-state index >= 15 is 0 Å². The Balaban J connectivity index is 2.00. The van der Waals surface area contributed by atoms with Gasteiger partial charge in [-0.25, -0.2) is 0 Å². The summed E-state index contributed by atoms with van der Waals surface area (Å²) in [5, 5.41) is 11.5. The minimum absolute atomic E-state index is 0.437. The second kappa shape index (κ2) is 10.6. The van der Waals surface area contributed by atoms with Gasteiger partial charge in [-0.1, -0.05) is 55.5 Å². The number of ether oxygens (including phenoxy) is 2. The van der Waals surface area contributed by atoms with Gasteiger partial charge in [0.1, 0.15) is 17.3 Å². The van der Waals surface area contributed by atoms with E-state index in [4.69, 9.17) is 26.3 Å².